The highest BCUT2D eigenvalue weighted by molar-refractivity contribution is 5.89. The summed E-state index contributed by atoms with van der Waals surface area (Å²) >= 11 is 0. The second kappa shape index (κ2) is 14.5. The fourth-order valence-corrected chi connectivity index (χ4v) is 4.80. The molecule has 44 heavy (non-hydrogen) atoms. The number of phenols is 1. The van der Waals surface area contributed by atoms with Crippen molar-refractivity contribution in [2.45, 2.75) is 32.3 Å². The minimum absolute atomic E-state index is 0.0543. The van der Waals surface area contributed by atoms with Crippen LogP contribution in [-0.4, -0.2) is 51.1 Å². The van der Waals surface area contributed by atoms with Gasteiger partial charge in [0.1, 0.15) is 24.7 Å². The van der Waals surface area contributed by atoms with Crippen molar-refractivity contribution >= 4 is 16.9 Å². The number of benzene rings is 3. The molecule has 1 unspecified atom stereocenters. The van der Waals surface area contributed by atoms with Gasteiger partial charge in [0, 0.05) is 42.8 Å². The molecule has 5 rings (SSSR count). The van der Waals surface area contributed by atoms with Crippen molar-refractivity contribution < 1.29 is 24.5 Å². The molecule has 0 saturated carbocycles. The highest BCUT2D eigenvalue weighted by atomic mass is 16.5. The van der Waals surface area contributed by atoms with Crippen LogP contribution in [-0.2, 0) is 31.0 Å². The van der Waals surface area contributed by atoms with Gasteiger partial charge in [-0.2, -0.15) is 5.10 Å². The molecule has 228 valence electrons. The Hall–Kier alpha value is -4.97. The number of pyridine rings is 1. The van der Waals surface area contributed by atoms with Gasteiger partial charge in [0.05, 0.1) is 29.9 Å². The second-order valence-corrected chi connectivity index (χ2v) is 10.3. The van der Waals surface area contributed by atoms with Gasteiger partial charge < -0.3 is 35.3 Å². The molecule has 11 heteroatoms. The summed E-state index contributed by atoms with van der Waals surface area (Å²) in [6, 6.07) is 21.1. The lowest BCUT2D eigenvalue weighted by atomic mass is 10.0. The van der Waals surface area contributed by atoms with Crippen LogP contribution in [0.2, 0.25) is 0 Å². The van der Waals surface area contributed by atoms with Crippen LogP contribution < -0.4 is 20.9 Å². The number of hydrogen-bond donors (Lipinski definition) is 5. The number of nitrogens with one attached hydrogen (secondary N) is 3. The van der Waals surface area contributed by atoms with E-state index in [1.807, 2.05) is 49.6 Å². The number of carbonyl (C=O) groups excluding carboxylic acids is 1. The molecule has 0 aliphatic carbocycles. The maximum absolute atomic E-state index is 12.5. The molecule has 2 aromatic heterocycles. The summed E-state index contributed by atoms with van der Waals surface area (Å²) in [7, 11) is 1.90. The Bertz CT molecular complexity index is 1770. The Kier molecular flexibility index (Phi) is 10.0. The molecule has 0 fully saturated rings. The van der Waals surface area contributed by atoms with Crippen LogP contribution in [0.5, 0.6) is 11.5 Å². The van der Waals surface area contributed by atoms with E-state index in [1.54, 1.807) is 35.1 Å². The van der Waals surface area contributed by atoms with Crippen molar-refractivity contribution in [3.8, 4) is 11.5 Å². The number of esters is 1. The third-order valence-electron chi connectivity index (χ3n) is 7.05. The van der Waals surface area contributed by atoms with Crippen LogP contribution in [0.1, 0.15) is 38.7 Å². The summed E-state index contributed by atoms with van der Waals surface area (Å²) in [4.78, 5) is 26.7. The predicted octanol–water partition coefficient (Wildman–Crippen LogP) is 3.41. The topological polar surface area (TPSA) is 151 Å². The summed E-state index contributed by atoms with van der Waals surface area (Å²) in [6.45, 7) is 2.42. The SMILES string of the molecule is CNCc1cccc(OCc2ccc(C(=O)OCCn3cc(CNCC(O)c4ccc(O)c5[nH]c(=O)ccc45)cn3)cc2)c1. The zero-order valence-corrected chi connectivity index (χ0v) is 24.3. The third-order valence-corrected chi connectivity index (χ3v) is 7.05. The molecule has 3 aromatic carbocycles. The zero-order valence-electron chi connectivity index (χ0n) is 24.3. The molecule has 5 N–H and O–H groups in total. The van der Waals surface area contributed by atoms with Gasteiger partial charge in [0.2, 0.25) is 5.56 Å². The molecule has 0 spiro atoms. The first-order chi connectivity index (χ1) is 21.4. The largest absolute Gasteiger partial charge is 0.506 e. The van der Waals surface area contributed by atoms with Gasteiger partial charge in [0.15, 0.2) is 0 Å². The molecule has 0 saturated heterocycles. The van der Waals surface area contributed by atoms with Gasteiger partial charge in [-0.25, -0.2) is 4.79 Å². The van der Waals surface area contributed by atoms with Crippen molar-refractivity contribution in [2.75, 3.05) is 20.2 Å². The maximum atomic E-state index is 12.5. The summed E-state index contributed by atoms with van der Waals surface area (Å²) < 4.78 is 13.0. The van der Waals surface area contributed by atoms with E-state index in [9.17, 15) is 19.8 Å². The van der Waals surface area contributed by atoms with Crippen molar-refractivity contribution in [2.24, 2.45) is 0 Å². The maximum Gasteiger partial charge on any atom is 0.338 e. The Balaban J connectivity index is 1.04. The summed E-state index contributed by atoms with van der Waals surface area (Å²) in [5.41, 5.74) is 3.99. The average Bonchev–Trinajstić information content (AvgIpc) is 3.48. The van der Waals surface area contributed by atoms with Crippen molar-refractivity contribution in [3.63, 3.8) is 0 Å². The Morgan fingerprint density at radius 1 is 1.02 bits per heavy atom. The fraction of sp³-hybridized carbons (Fsp3) is 0.242. The van der Waals surface area contributed by atoms with Gasteiger partial charge in [0.25, 0.3) is 0 Å². The van der Waals surface area contributed by atoms with E-state index in [2.05, 4.69) is 20.7 Å². The van der Waals surface area contributed by atoms with Crippen LogP contribution in [0.4, 0.5) is 0 Å². The fourth-order valence-electron chi connectivity index (χ4n) is 4.80. The van der Waals surface area contributed by atoms with Crippen molar-refractivity contribution in [1.29, 1.82) is 0 Å². The first-order valence-electron chi connectivity index (χ1n) is 14.3. The molecule has 1 atom stereocenters. The molecular weight excluding hydrogens is 562 g/mol. The molecule has 0 aliphatic heterocycles. The van der Waals surface area contributed by atoms with Gasteiger partial charge in [-0.05, 0) is 60.1 Å². The highest BCUT2D eigenvalue weighted by Gasteiger charge is 2.14. The number of phenolic OH excluding ortho intramolecular Hbond substituents is 1. The van der Waals surface area contributed by atoms with Crippen LogP contribution in [0.3, 0.4) is 0 Å². The smallest absolute Gasteiger partial charge is 0.338 e. The second-order valence-electron chi connectivity index (χ2n) is 10.3. The number of ether oxygens (including phenoxy) is 2. The lowest BCUT2D eigenvalue weighted by Crippen LogP contribution is -2.21. The quantitative estimate of drug-likeness (QED) is 0.121. The van der Waals surface area contributed by atoms with E-state index in [4.69, 9.17) is 9.47 Å². The van der Waals surface area contributed by atoms with E-state index in [0.717, 1.165) is 29.0 Å². The molecule has 0 amide bonds. The number of H-pyrrole nitrogens is 1. The predicted molar refractivity (Wildman–Crippen MR) is 165 cm³/mol. The lowest BCUT2D eigenvalue weighted by Gasteiger charge is -2.15. The first-order valence-corrected chi connectivity index (χ1v) is 14.3. The summed E-state index contributed by atoms with van der Waals surface area (Å²) in [6.07, 6.45) is 2.69. The van der Waals surface area contributed by atoms with E-state index in [-0.39, 0.29) is 24.5 Å². The summed E-state index contributed by atoms with van der Waals surface area (Å²) in [5, 5.41) is 32.0. The lowest BCUT2D eigenvalue weighted by molar-refractivity contribution is 0.0487. The van der Waals surface area contributed by atoms with E-state index < -0.39 is 12.1 Å². The number of carbonyl (C=O) groups is 1. The number of aromatic nitrogens is 3. The first kappa shape index (κ1) is 30.5. The highest BCUT2D eigenvalue weighted by Crippen LogP contribution is 2.28. The Labute approximate surface area is 254 Å². The van der Waals surface area contributed by atoms with Crippen LogP contribution in [0.15, 0.2) is 90.0 Å². The monoisotopic (exact) mass is 597 g/mol. The van der Waals surface area contributed by atoms with Crippen LogP contribution >= 0.6 is 0 Å². The minimum Gasteiger partial charge on any atom is -0.506 e. The number of aromatic hydroxyl groups is 1. The minimum atomic E-state index is -0.861. The number of rotatable bonds is 14. The number of hydrogen-bond acceptors (Lipinski definition) is 9. The Morgan fingerprint density at radius 3 is 2.68 bits per heavy atom. The summed E-state index contributed by atoms with van der Waals surface area (Å²) in [5.74, 6) is 0.325. The van der Waals surface area contributed by atoms with Crippen LogP contribution in [0.25, 0.3) is 10.9 Å². The number of aliphatic hydroxyl groups excluding tert-OH is 1. The Morgan fingerprint density at radius 2 is 1.86 bits per heavy atom. The van der Waals surface area contributed by atoms with Gasteiger partial charge in [-0.3, -0.25) is 9.48 Å². The molecular formula is C33H35N5O6. The van der Waals surface area contributed by atoms with Crippen molar-refractivity contribution in [3.05, 3.63) is 123 Å². The van der Waals surface area contributed by atoms with E-state index in [1.165, 1.54) is 12.1 Å². The number of nitrogens with zero attached hydrogens (tertiary/aromatic N) is 2. The number of aromatic amines is 1. The molecule has 0 aliphatic rings. The van der Waals surface area contributed by atoms with Crippen molar-refractivity contribution in [1.82, 2.24) is 25.4 Å². The van der Waals surface area contributed by atoms with Gasteiger partial charge in [-0.15, -0.1) is 0 Å². The average molecular weight is 598 g/mol. The molecule has 11 nitrogen and oxygen atoms in total. The standard InChI is InChI=1S/C33H35N5O6/c1-34-16-23-3-2-4-26(15-23)44-21-22-5-7-25(8-6-22)33(42)43-14-13-38-20-24(18-36-38)17-35-19-30(40)27-9-11-29(39)32-28(27)10-12-31(41)37-32/h2-12,15,18,20,30,34-35,39-40H,13-14,16-17,19,21H2,1H3,(H,37,41). The zero-order chi connectivity index (χ0) is 30.9. The molecule has 2 heterocycles. The van der Waals surface area contributed by atoms with Gasteiger partial charge in [-0.1, -0.05) is 30.3 Å². The number of fused-ring (bicyclic) bond motifs is 1. The van der Waals surface area contributed by atoms with E-state index >= 15 is 0 Å². The number of aliphatic hydroxyl groups is 1. The van der Waals surface area contributed by atoms with Gasteiger partial charge >= 0.3 is 5.97 Å². The normalized spacial score (nSPS) is 11.9. The molecule has 5 aromatic rings. The molecule has 0 radical (unpaired) electrons. The van der Waals surface area contributed by atoms with Crippen LogP contribution in [0, 0.1) is 0 Å². The third kappa shape index (κ3) is 7.90. The molecule has 0 bridgehead atoms. The van der Waals surface area contributed by atoms with E-state index in [0.29, 0.717) is 41.7 Å².